The Morgan fingerprint density at radius 2 is 2.18 bits per heavy atom. The molecule has 3 nitrogen and oxygen atoms in total. The van der Waals surface area contributed by atoms with Crippen LogP contribution in [-0.4, -0.2) is 36.6 Å². The quantitative estimate of drug-likeness (QED) is 0.792. The average molecular weight is 235 g/mol. The largest absolute Gasteiger partial charge is 0.300 e. The number of nitrogens with zero attached hydrogens (tertiary/aromatic N) is 2. The van der Waals surface area contributed by atoms with E-state index in [1.165, 1.54) is 19.3 Å². The summed E-state index contributed by atoms with van der Waals surface area (Å²) in [5.74, 6) is 0.580. The van der Waals surface area contributed by atoms with E-state index < -0.39 is 0 Å². The Balaban J connectivity index is 2.01. The lowest BCUT2D eigenvalue weighted by molar-refractivity contribution is 0.213. The summed E-state index contributed by atoms with van der Waals surface area (Å²) in [6.45, 7) is 10.8. The lowest BCUT2D eigenvalue weighted by Crippen LogP contribution is -2.54. The van der Waals surface area contributed by atoms with Gasteiger partial charge < -0.3 is 0 Å². The van der Waals surface area contributed by atoms with Crippen LogP contribution in [0.1, 0.15) is 40.0 Å². The molecule has 1 aliphatic carbocycles. The highest BCUT2D eigenvalue weighted by molar-refractivity contribution is 5.17. The molecule has 0 aromatic heterocycles. The van der Waals surface area contributed by atoms with Gasteiger partial charge in [0.25, 0.3) is 0 Å². The second-order valence-corrected chi connectivity index (χ2v) is 6.51. The van der Waals surface area contributed by atoms with Crippen molar-refractivity contribution in [1.82, 2.24) is 10.2 Å². The van der Waals surface area contributed by atoms with Crippen LogP contribution < -0.4 is 5.32 Å². The molecule has 1 N–H and O–H groups in total. The van der Waals surface area contributed by atoms with Gasteiger partial charge in [0, 0.05) is 13.1 Å². The molecule has 0 spiro atoms. The van der Waals surface area contributed by atoms with Crippen LogP contribution in [-0.2, 0) is 0 Å². The average Bonchev–Trinajstić information content (AvgIpc) is 3.05. The van der Waals surface area contributed by atoms with Gasteiger partial charge in [-0.25, -0.2) is 0 Å². The highest BCUT2D eigenvalue weighted by Crippen LogP contribution is 2.41. The third-order valence-electron chi connectivity index (χ3n) is 4.20. The molecule has 17 heavy (non-hydrogen) atoms. The van der Waals surface area contributed by atoms with E-state index >= 15 is 0 Å². The lowest BCUT2D eigenvalue weighted by Gasteiger charge is -2.32. The van der Waals surface area contributed by atoms with Crippen LogP contribution in [0.5, 0.6) is 0 Å². The van der Waals surface area contributed by atoms with Crippen molar-refractivity contribution in [2.75, 3.05) is 26.2 Å². The lowest BCUT2D eigenvalue weighted by atomic mass is 9.92. The Kier molecular flexibility index (Phi) is 3.47. The molecule has 3 heteroatoms. The first-order valence-electron chi connectivity index (χ1n) is 6.90. The maximum atomic E-state index is 9.57. The van der Waals surface area contributed by atoms with E-state index in [0.29, 0.717) is 11.3 Å². The van der Waals surface area contributed by atoms with Crippen molar-refractivity contribution in [3.63, 3.8) is 0 Å². The van der Waals surface area contributed by atoms with Crippen LogP contribution in [0.15, 0.2) is 0 Å². The van der Waals surface area contributed by atoms with Gasteiger partial charge >= 0.3 is 0 Å². The molecule has 0 aromatic rings. The van der Waals surface area contributed by atoms with E-state index in [1.54, 1.807) is 0 Å². The fourth-order valence-corrected chi connectivity index (χ4v) is 3.10. The number of hydrogen-bond acceptors (Lipinski definition) is 3. The zero-order chi connectivity index (χ0) is 12.5. The summed E-state index contributed by atoms with van der Waals surface area (Å²) in [5.41, 5.74) is 0.145. The van der Waals surface area contributed by atoms with Gasteiger partial charge in [0.15, 0.2) is 0 Å². The number of likely N-dealkylation sites (tertiary alicyclic amines) is 1. The van der Waals surface area contributed by atoms with Gasteiger partial charge in [0.2, 0.25) is 0 Å². The number of hydrogen-bond donors (Lipinski definition) is 1. The van der Waals surface area contributed by atoms with Crippen LogP contribution >= 0.6 is 0 Å². The van der Waals surface area contributed by atoms with Crippen molar-refractivity contribution in [2.45, 2.75) is 45.6 Å². The third kappa shape index (κ3) is 2.81. The van der Waals surface area contributed by atoms with Crippen LogP contribution in [0.3, 0.4) is 0 Å². The van der Waals surface area contributed by atoms with Gasteiger partial charge in [0.05, 0.1) is 6.07 Å². The van der Waals surface area contributed by atoms with Gasteiger partial charge in [-0.2, -0.15) is 5.26 Å². The molecule has 0 radical (unpaired) electrons. The summed E-state index contributed by atoms with van der Waals surface area (Å²) in [6, 6.07) is 2.58. The Morgan fingerprint density at radius 3 is 2.59 bits per heavy atom. The fourth-order valence-electron chi connectivity index (χ4n) is 3.10. The minimum absolute atomic E-state index is 0.283. The van der Waals surface area contributed by atoms with E-state index in [4.69, 9.17) is 0 Å². The molecule has 0 bridgehead atoms. The van der Waals surface area contributed by atoms with Gasteiger partial charge in [-0.15, -0.1) is 0 Å². The fraction of sp³-hybridized carbons (Fsp3) is 0.929. The van der Waals surface area contributed by atoms with Crippen molar-refractivity contribution in [3.05, 3.63) is 0 Å². The smallest absolute Gasteiger partial charge is 0.122 e. The molecule has 1 heterocycles. The molecule has 1 saturated heterocycles. The summed E-state index contributed by atoms with van der Waals surface area (Å²) in [6.07, 6.45) is 3.70. The highest BCUT2D eigenvalue weighted by atomic mass is 15.2. The molecule has 2 rings (SSSR count). The highest BCUT2D eigenvalue weighted by Gasteiger charge is 2.47. The third-order valence-corrected chi connectivity index (χ3v) is 4.20. The van der Waals surface area contributed by atoms with E-state index in [9.17, 15) is 5.26 Å². The summed E-state index contributed by atoms with van der Waals surface area (Å²) in [7, 11) is 0. The molecular formula is C14H25N3. The molecule has 1 aliphatic heterocycles. The Bertz CT molecular complexity index is 314. The van der Waals surface area contributed by atoms with Crippen molar-refractivity contribution in [3.8, 4) is 6.07 Å². The monoisotopic (exact) mass is 235 g/mol. The SMILES string of the molecule is CCNC(C#N)(CN1CCC(C)(C)C1)C1CC1. The van der Waals surface area contributed by atoms with Crippen LogP contribution in [0, 0.1) is 22.7 Å². The van der Waals surface area contributed by atoms with E-state index in [1.807, 2.05) is 0 Å². The minimum Gasteiger partial charge on any atom is -0.300 e. The minimum atomic E-state index is -0.283. The molecule has 0 amide bonds. The number of nitriles is 1. The normalized spacial score (nSPS) is 27.6. The molecule has 2 fully saturated rings. The summed E-state index contributed by atoms with van der Waals surface area (Å²) < 4.78 is 0. The van der Waals surface area contributed by atoms with E-state index in [2.05, 4.69) is 37.1 Å². The number of likely N-dealkylation sites (N-methyl/N-ethyl adjacent to an activating group) is 1. The van der Waals surface area contributed by atoms with Crippen LogP contribution in [0.4, 0.5) is 0 Å². The van der Waals surface area contributed by atoms with Crippen LogP contribution in [0.2, 0.25) is 0 Å². The maximum absolute atomic E-state index is 9.57. The molecule has 0 aromatic carbocycles. The van der Waals surface area contributed by atoms with Crippen molar-refractivity contribution in [2.24, 2.45) is 11.3 Å². The number of rotatable bonds is 5. The van der Waals surface area contributed by atoms with Crippen LogP contribution in [0.25, 0.3) is 0 Å². The summed E-state index contributed by atoms with van der Waals surface area (Å²) in [4.78, 5) is 2.48. The van der Waals surface area contributed by atoms with E-state index in [-0.39, 0.29) is 5.54 Å². The summed E-state index contributed by atoms with van der Waals surface area (Å²) in [5, 5.41) is 13.0. The first-order valence-corrected chi connectivity index (χ1v) is 6.90. The van der Waals surface area contributed by atoms with Gasteiger partial charge in [-0.3, -0.25) is 10.2 Å². The van der Waals surface area contributed by atoms with Crippen molar-refractivity contribution < 1.29 is 0 Å². The maximum Gasteiger partial charge on any atom is 0.122 e. The van der Waals surface area contributed by atoms with Crippen molar-refractivity contribution >= 4 is 0 Å². The second-order valence-electron chi connectivity index (χ2n) is 6.51. The molecule has 2 aliphatic rings. The molecule has 1 saturated carbocycles. The predicted octanol–water partition coefficient (Wildman–Crippen LogP) is 2.00. The van der Waals surface area contributed by atoms with E-state index in [0.717, 1.165) is 26.2 Å². The molecule has 1 unspecified atom stereocenters. The molecule has 1 atom stereocenters. The zero-order valence-corrected chi connectivity index (χ0v) is 11.4. The summed E-state index contributed by atoms with van der Waals surface area (Å²) >= 11 is 0. The number of nitrogens with one attached hydrogen (secondary N) is 1. The second kappa shape index (κ2) is 4.59. The topological polar surface area (TPSA) is 39.1 Å². The van der Waals surface area contributed by atoms with Gasteiger partial charge in [0.1, 0.15) is 5.54 Å². The standard InChI is InChI=1S/C14H25N3/c1-4-16-14(9-15,12-5-6-12)11-17-8-7-13(2,3)10-17/h12,16H,4-8,10-11H2,1-3H3. The Morgan fingerprint density at radius 1 is 1.47 bits per heavy atom. The first-order chi connectivity index (χ1) is 8.01. The molecular weight excluding hydrogens is 210 g/mol. The molecule has 96 valence electrons. The predicted molar refractivity (Wildman–Crippen MR) is 69.6 cm³/mol. The van der Waals surface area contributed by atoms with Crippen molar-refractivity contribution in [1.29, 1.82) is 5.26 Å². The van der Waals surface area contributed by atoms with Gasteiger partial charge in [-0.05, 0) is 43.7 Å². The van der Waals surface area contributed by atoms with Gasteiger partial charge in [-0.1, -0.05) is 20.8 Å². The first kappa shape index (κ1) is 12.9. The Hall–Kier alpha value is -0.590. The Labute approximate surface area is 105 Å². The zero-order valence-electron chi connectivity index (χ0n) is 11.4.